The third-order valence-electron chi connectivity index (χ3n) is 8.00. The number of fused-ring (bicyclic) bond motifs is 7. The Morgan fingerprint density at radius 3 is 2.62 bits per heavy atom. The van der Waals surface area contributed by atoms with Gasteiger partial charge in [-0.05, 0) is 53.3 Å². The number of nitrogens with zero attached hydrogens (tertiary/aromatic N) is 1. The molecule has 0 saturated heterocycles. The van der Waals surface area contributed by atoms with E-state index in [4.69, 9.17) is 0 Å². The highest BCUT2D eigenvalue weighted by atomic mass is 19.1. The molecule has 3 heterocycles. The molecule has 8 heteroatoms. The van der Waals surface area contributed by atoms with Crippen LogP contribution in [-0.2, 0) is 22.4 Å². The molecule has 0 saturated carbocycles. The van der Waals surface area contributed by atoms with Crippen LogP contribution in [0.5, 0.6) is 0 Å². The molecule has 3 aromatic carbocycles. The van der Waals surface area contributed by atoms with Crippen molar-refractivity contribution >= 4 is 28.6 Å². The summed E-state index contributed by atoms with van der Waals surface area (Å²) in [5, 5.41) is 6.87. The molecule has 7 nitrogen and oxygen atoms in total. The van der Waals surface area contributed by atoms with Crippen molar-refractivity contribution in [1.82, 2.24) is 20.5 Å². The van der Waals surface area contributed by atoms with Crippen molar-refractivity contribution in [3.05, 3.63) is 107 Å². The molecule has 4 aromatic rings. The van der Waals surface area contributed by atoms with E-state index in [0.717, 1.165) is 33.3 Å². The Bertz CT molecular complexity index is 1630. The fourth-order valence-electron chi connectivity index (χ4n) is 6.05. The number of rotatable bonds is 7. The maximum atomic E-state index is 13.9. The number of hydrogen-bond acceptors (Lipinski definition) is 3. The standard InChI is InChI=1S/C32H31FN4O3/c1-18(2)27(31(39)34-15-14-19-8-7-9-20(33)16-19)36-30(38)26-17-24-21-10-5-6-13-25(21)35-28(24)29-22-11-3-4-12-23(22)32(40)37(26)29/h3-13,16,18,26-27,29,35H,14-15,17H2,1-2H3,(H,34,39)(H,36,38)/t26-,27-,29+/m0/s1. The van der Waals surface area contributed by atoms with E-state index in [1.807, 2.05) is 56.3 Å². The van der Waals surface area contributed by atoms with Crippen LogP contribution in [0.4, 0.5) is 4.39 Å². The highest BCUT2D eigenvalue weighted by molar-refractivity contribution is 6.04. The first kappa shape index (κ1) is 25.8. The highest BCUT2D eigenvalue weighted by Crippen LogP contribution is 2.46. The van der Waals surface area contributed by atoms with Crippen LogP contribution in [0.1, 0.15) is 52.6 Å². The minimum atomic E-state index is -0.789. The third-order valence-corrected chi connectivity index (χ3v) is 8.00. The zero-order valence-corrected chi connectivity index (χ0v) is 22.4. The molecule has 0 radical (unpaired) electrons. The highest BCUT2D eigenvalue weighted by Gasteiger charge is 2.49. The van der Waals surface area contributed by atoms with Crippen LogP contribution in [0, 0.1) is 11.7 Å². The molecule has 0 spiro atoms. The zero-order chi connectivity index (χ0) is 28.0. The number of hydrogen-bond donors (Lipinski definition) is 3. The smallest absolute Gasteiger partial charge is 0.255 e. The first-order valence-electron chi connectivity index (χ1n) is 13.7. The van der Waals surface area contributed by atoms with Gasteiger partial charge in [0.15, 0.2) is 0 Å². The number of halogens is 1. The normalized spacial score (nSPS) is 18.3. The summed E-state index contributed by atoms with van der Waals surface area (Å²) in [7, 11) is 0. The molecule has 204 valence electrons. The number of aromatic nitrogens is 1. The number of amides is 3. The lowest BCUT2D eigenvalue weighted by atomic mass is 9.89. The molecule has 40 heavy (non-hydrogen) atoms. The van der Waals surface area contributed by atoms with Crippen molar-refractivity contribution in [1.29, 1.82) is 0 Å². The van der Waals surface area contributed by atoms with Gasteiger partial charge >= 0.3 is 0 Å². The predicted molar refractivity (Wildman–Crippen MR) is 150 cm³/mol. The summed E-state index contributed by atoms with van der Waals surface area (Å²) >= 11 is 0. The van der Waals surface area contributed by atoms with E-state index in [1.165, 1.54) is 12.1 Å². The van der Waals surface area contributed by atoms with E-state index >= 15 is 0 Å². The van der Waals surface area contributed by atoms with Crippen LogP contribution in [0.3, 0.4) is 0 Å². The predicted octanol–water partition coefficient (Wildman–Crippen LogP) is 4.28. The van der Waals surface area contributed by atoms with E-state index in [-0.39, 0.29) is 29.5 Å². The van der Waals surface area contributed by atoms with Crippen molar-refractivity contribution < 1.29 is 18.8 Å². The Labute approximate surface area is 231 Å². The largest absolute Gasteiger partial charge is 0.356 e. The molecule has 0 unspecified atom stereocenters. The van der Waals surface area contributed by atoms with Gasteiger partial charge in [0, 0.05) is 35.1 Å². The zero-order valence-electron chi connectivity index (χ0n) is 22.4. The van der Waals surface area contributed by atoms with Crippen LogP contribution in [-0.4, -0.2) is 46.2 Å². The van der Waals surface area contributed by atoms with Gasteiger partial charge in [-0.3, -0.25) is 14.4 Å². The average Bonchev–Trinajstić information content (AvgIpc) is 3.46. The summed E-state index contributed by atoms with van der Waals surface area (Å²) in [4.78, 5) is 45.9. The molecule has 3 amide bonds. The van der Waals surface area contributed by atoms with Gasteiger partial charge in [0.2, 0.25) is 11.8 Å². The lowest BCUT2D eigenvalue weighted by molar-refractivity contribution is -0.132. The van der Waals surface area contributed by atoms with Crippen molar-refractivity contribution in [2.24, 2.45) is 5.92 Å². The van der Waals surface area contributed by atoms with Gasteiger partial charge in [-0.25, -0.2) is 4.39 Å². The Kier molecular flexibility index (Phi) is 6.62. The van der Waals surface area contributed by atoms with Gasteiger partial charge < -0.3 is 20.5 Å². The minimum Gasteiger partial charge on any atom is -0.356 e. The summed E-state index contributed by atoms with van der Waals surface area (Å²) in [6, 6.07) is 19.7. The van der Waals surface area contributed by atoms with E-state index in [2.05, 4.69) is 15.6 Å². The van der Waals surface area contributed by atoms with E-state index in [1.54, 1.807) is 23.1 Å². The molecule has 0 aliphatic carbocycles. The topological polar surface area (TPSA) is 94.3 Å². The molecule has 3 N–H and O–H groups in total. The van der Waals surface area contributed by atoms with Crippen LogP contribution < -0.4 is 10.6 Å². The summed E-state index contributed by atoms with van der Waals surface area (Å²) in [6.07, 6.45) is 0.809. The first-order chi connectivity index (χ1) is 19.3. The van der Waals surface area contributed by atoms with Crippen molar-refractivity contribution in [2.45, 2.75) is 44.8 Å². The van der Waals surface area contributed by atoms with E-state index < -0.39 is 18.1 Å². The Morgan fingerprint density at radius 1 is 1.05 bits per heavy atom. The van der Waals surface area contributed by atoms with Crippen LogP contribution in [0.2, 0.25) is 0 Å². The number of para-hydroxylation sites is 1. The summed E-state index contributed by atoms with van der Waals surface area (Å²) in [6.45, 7) is 4.05. The van der Waals surface area contributed by atoms with Gasteiger partial charge in [-0.1, -0.05) is 62.4 Å². The summed E-state index contributed by atoms with van der Waals surface area (Å²) in [5.74, 6) is -1.37. The van der Waals surface area contributed by atoms with E-state index in [9.17, 15) is 18.8 Å². The van der Waals surface area contributed by atoms with E-state index in [0.29, 0.717) is 24.9 Å². The molecular formula is C32H31FN4O3. The fourth-order valence-corrected chi connectivity index (χ4v) is 6.05. The SMILES string of the molecule is CC(C)[C@H](NC(=O)[C@@H]1Cc2c([nH]c3ccccc23)[C@H]2c3ccccc3C(=O)N21)C(=O)NCCc1cccc(F)c1. The van der Waals surface area contributed by atoms with Crippen molar-refractivity contribution in [2.75, 3.05) is 6.54 Å². The number of aromatic amines is 1. The average molecular weight is 539 g/mol. The van der Waals surface area contributed by atoms with Crippen molar-refractivity contribution in [3.8, 4) is 0 Å². The molecule has 0 fully saturated rings. The molecule has 1 aromatic heterocycles. The number of carbonyl (C=O) groups is 3. The maximum absolute atomic E-state index is 13.9. The third kappa shape index (κ3) is 4.43. The molecule has 0 bridgehead atoms. The van der Waals surface area contributed by atoms with Gasteiger partial charge in [0.05, 0.1) is 6.04 Å². The first-order valence-corrected chi connectivity index (χ1v) is 13.7. The lowest BCUT2D eigenvalue weighted by Gasteiger charge is -2.38. The Hall–Kier alpha value is -4.46. The van der Waals surface area contributed by atoms with Gasteiger partial charge in [0.1, 0.15) is 17.9 Å². The number of nitrogens with one attached hydrogen (secondary N) is 3. The minimum absolute atomic E-state index is 0.187. The van der Waals surface area contributed by atoms with Crippen molar-refractivity contribution in [3.63, 3.8) is 0 Å². The molecule has 2 aliphatic heterocycles. The monoisotopic (exact) mass is 538 g/mol. The van der Waals surface area contributed by atoms with Crippen LogP contribution in [0.15, 0.2) is 72.8 Å². The fraction of sp³-hybridized carbons (Fsp3) is 0.281. The quantitative estimate of drug-likeness (QED) is 0.328. The second-order valence-corrected chi connectivity index (χ2v) is 10.9. The summed E-state index contributed by atoms with van der Waals surface area (Å²) < 4.78 is 13.5. The van der Waals surface area contributed by atoms with Gasteiger partial charge in [-0.15, -0.1) is 0 Å². The Balaban J connectivity index is 1.26. The number of benzene rings is 3. The van der Waals surface area contributed by atoms with Crippen LogP contribution >= 0.6 is 0 Å². The van der Waals surface area contributed by atoms with Gasteiger partial charge in [0.25, 0.3) is 5.91 Å². The Morgan fingerprint density at radius 2 is 1.82 bits per heavy atom. The summed E-state index contributed by atoms with van der Waals surface area (Å²) in [5.41, 5.74) is 5.14. The number of carbonyl (C=O) groups excluding carboxylic acids is 3. The number of H-pyrrole nitrogens is 1. The lowest BCUT2D eigenvalue weighted by Crippen LogP contribution is -2.57. The second kappa shape index (κ2) is 10.3. The maximum Gasteiger partial charge on any atom is 0.255 e. The molecule has 6 rings (SSSR count). The molecular weight excluding hydrogens is 507 g/mol. The van der Waals surface area contributed by atoms with Gasteiger partial charge in [-0.2, -0.15) is 0 Å². The molecule has 3 atom stereocenters. The second-order valence-electron chi connectivity index (χ2n) is 10.9. The molecule has 2 aliphatic rings. The van der Waals surface area contributed by atoms with Crippen LogP contribution in [0.25, 0.3) is 10.9 Å².